The number of nitrogens with one attached hydrogen (secondary N) is 1. The van der Waals surface area contributed by atoms with E-state index >= 15 is 0 Å². The van der Waals surface area contributed by atoms with Crippen LogP contribution >= 0.6 is 11.6 Å². The Morgan fingerprint density at radius 1 is 1.58 bits per heavy atom. The first-order chi connectivity index (χ1) is 8.99. The third-order valence-corrected chi connectivity index (χ3v) is 2.93. The van der Waals surface area contributed by atoms with Gasteiger partial charge in [-0.1, -0.05) is 18.5 Å². The molecule has 0 spiro atoms. The van der Waals surface area contributed by atoms with Gasteiger partial charge in [0, 0.05) is 24.8 Å². The van der Waals surface area contributed by atoms with Crippen LogP contribution in [-0.2, 0) is 11.2 Å². The largest absolute Gasteiger partial charge is 0.383 e. The van der Waals surface area contributed by atoms with Gasteiger partial charge in [-0.05, 0) is 19.0 Å². The number of hydrogen-bond acceptors (Lipinski definition) is 4. The standard InChI is InChI=1S/C12H16ClFN2O3/c1-3-15-9(7-19-2)4-8-5-11(14)10(13)6-12(8)16(17)18/h5-6,9,15H,3-4,7H2,1-2H3. The van der Waals surface area contributed by atoms with Crippen molar-refractivity contribution in [3.63, 3.8) is 0 Å². The molecule has 0 aliphatic rings. The first kappa shape index (κ1) is 15.8. The predicted molar refractivity (Wildman–Crippen MR) is 71.1 cm³/mol. The molecule has 0 saturated heterocycles. The van der Waals surface area contributed by atoms with E-state index in [1.807, 2.05) is 6.92 Å². The van der Waals surface area contributed by atoms with Crippen molar-refractivity contribution in [1.82, 2.24) is 5.32 Å². The number of ether oxygens (including phenoxy) is 1. The van der Waals surface area contributed by atoms with Crippen LogP contribution in [0.2, 0.25) is 5.02 Å². The van der Waals surface area contributed by atoms with Crippen LogP contribution in [-0.4, -0.2) is 31.2 Å². The highest BCUT2D eigenvalue weighted by Gasteiger charge is 2.20. The number of nitrogens with zero attached hydrogens (tertiary/aromatic N) is 1. The van der Waals surface area contributed by atoms with Crippen LogP contribution < -0.4 is 5.32 Å². The minimum absolute atomic E-state index is 0.116. The summed E-state index contributed by atoms with van der Waals surface area (Å²) in [7, 11) is 1.54. The molecule has 5 nitrogen and oxygen atoms in total. The van der Waals surface area contributed by atoms with Crippen LogP contribution in [0.1, 0.15) is 12.5 Å². The maximum Gasteiger partial charge on any atom is 0.274 e. The molecule has 1 rings (SSSR count). The smallest absolute Gasteiger partial charge is 0.274 e. The molecule has 0 saturated carbocycles. The summed E-state index contributed by atoms with van der Waals surface area (Å²) in [6.45, 7) is 2.99. The number of hydrogen-bond donors (Lipinski definition) is 1. The highest BCUT2D eigenvalue weighted by atomic mass is 35.5. The zero-order chi connectivity index (χ0) is 14.4. The van der Waals surface area contributed by atoms with Crippen molar-refractivity contribution < 1.29 is 14.1 Å². The second-order valence-electron chi connectivity index (χ2n) is 4.07. The molecule has 1 aromatic rings. The Morgan fingerprint density at radius 2 is 2.26 bits per heavy atom. The lowest BCUT2D eigenvalue weighted by Gasteiger charge is -2.17. The summed E-state index contributed by atoms with van der Waals surface area (Å²) in [6.07, 6.45) is 0.298. The van der Waals surface area contributed by atoms with Gasteiger partial charge in [0.25, 0.3) is 5.69 Å². The lowest BCUT2D eigenvalue weighted by Crippen LogP contribution is -2.35. The Hall–Kier alpha value is -1.24. The molecule has 0 aliphatic heterocycles. The maximum atomic E-state index is 13.4. The zero-order valence-corrected chi connectivity index (χ0v) is 11.5. The van der Waals surface area contributed by atoms with Crippen LogP contribution in [0.3, 0.4) is 0 Å². The van der Waals surface area contributed by atoms with Gasteiger partial charge in [0.2, 0.25) is 0 Å². The molecule has 1 atom stereocenters. The molecule has 1 N–H and O–H groups in total. The average Bonchev–Trinajstić information content (AvgIpc) is 2.33. The van der Waals surface area contributed by atoms with E-state index in [2.05, 4.69) is 5.32 Å². The monoisotopic (exact) mass is 290 g/mol. The van der Waals surface area contributed by atoms with Crippen LogP contribution in [0.5, 0.6) is 0 Å². The van der Waals surface area contributed by atoms with E-state index in [-0.39, 0.29) is 16.8 Å². The summed E-state index contributed by atoms with van der Waals surface area (Å²) in [5.74, 6) is -0.657. The minimum atomic E-state index is -0.657. The van der Waals surface area contributed by atoms with E-state index in [0.29, 0.717) is 25.1 Å². The number of rotatable bonds is 7. The molecule has 1 unspecified atom stereocenters. The molecule has 0 heterocycles. The van der Waals surface area contributed by atoms with E-state index < -0.39 is 10.7 Å². The number of likely N-dealkylation sites (N-methyl/N-ethyl adjacent to an activating group) is 1. The molecule has 19 heavy (non-hydrogen) atoms. The van der Waals surface area contributed by atoms with Gasteiger partial charge in [0.05, 0.1) is 16.6 Å². The molecule has 0 radical (unpaired) electrons. The maximum absolute atomic E-state index is 13.4. The van der Waals surface area contributed by atoms with Crippen LogP contribution in [0.15, 0.2) is 12.1 Å². The minimum Gasteiger partial charge on any atom is -0.383 e. The van der Waals surface area contributed by atoms with Crippen LogP contribution in [0.25, 0.3) is 0 Å². The third-order valence-electron chi connectivity index (χ3n) is 2.65. The normalized spacial score (nSPS) is 12.4. The van der Waals surface area contributed by atoms with E-state index in [1.165, 1.54) is 0 Å². The third kappa shape index (κ3) is 4.41. The molecule has 1 aromatic carbocycles. The van der Waals surface area contributed by atoms with Crippen LogP contribution in [0, 0.1) is 15.9 Å². The summed E-state index contributed by atoms with van der Waals surface area (Å²) in [4.78, 5) is 10.4. The summed E-state index contributed by atoms with van der Waals surface area (Å²) >= 11 is 5.57. The highest BCUT2D eigenvalue weighted by Crippen LogP contribution is 2.27. The first-order valence-corrected chi connectivity index (χ1v) is 6.22. The summed E-state index contributed by atoms with van der Waals surface area (Å²) < 4.78 is 18.5. The van der Waals surface area contributed by atoms with Gasteiger partial charge >= 0.3 is 0 Å². The molecule has 0 fully saturated rings. The molecule has 0 aromatic heterocycles. The molecular weight excluding hydrogens is 275 g/mol. The SMILES string of the molecule is CCNC(COC)Cc1cc(F)c(Cl)cc1[N+](=O)[O-]. The fraction of sp³-hybridized carbons (Fsp3) is 0.500. The molecule has 106 valence electrons. The van der Waals surface area contributed by atoms with Crippen molar-refractivity contribution in [1.29, 1.82) is 0 Å². The molecular formula is C12H16ClFN2O3. The van der Waals surface area contributed by atoms with Gasteiger partial charge in [-0.25, -0.2) is 4.39 Å². The Morgan fingerprint density at radius 3 is 2.79 bits per heavy atom. The van der Waals surface area contributed by atoms with Crippen LogP contribution in [0.4, 0.5) is 10.1 Å². The topological polar surface area (TPSA) is 64.4 Å². The average molecular weight is 291 g/mol. The van der Waals surface area contributed by atoms with Gasteiger partial charge in [-0.2, -0.15) is 0 Å². The van der Waals surface area contributed by atoms with E-state index in [1.54, 1.807) is 7.11 Å². The molecule has 0 aliphatic carbocycles. The van der Waals surface area contributed by atoms with Gasteiger partial charge in [0.15, 0.2) is 0 Å². The highest BCUT2D eigenvalue weighted by molar-refractivity contribution is 6.31. The molecule has 7 heteroatoms. The van der Waals surface area contributed by atoms with Gasteiger partial charge in [0.1, 0.15) is 5.82 Å². The van der Waals surface area contributed by atoms with Gasteiger partial charge in [-0.15, -0.1) is 0 Å². The fourth-order valence-electron chi connectivity index (χ4n) is 1.86. The van der Waals surface area contributed by atoms with E-state index in [4.69, 9.17) is 16.3 Å². The van der Waals surface area contributed by atoms with E-state index in [9.17, 15) is 14.5 Å². The van der Waals surface area contributed by atoms with Gasteiger partial charge < -0.3 is 10.1 Å². The van der Waals surface area contributed by atoms with Gasteiger partial charge in [-0.3, -0.25) is 10.1 Å². The molecule has 0 bridgehead atoms. The predicted octanol–water partition coefficient (Wildman–Crippen LogP) is 2.55. The number of benzene rings is 1. The van der Waals surface area contributed by atoms with Crippen molar-refractivity contribution in [2.45, 2.75) is 19.4 Å². The van der Waals surface area contributed by atoms with E-state index in [0.717, 1.165) is 12.1 Å². The zero-order valence-electron chi connectivity index (χ0n) is 10.8. The first-order valence-electron chi connectivity index (χ1n) is 5.84. The Balaban J connectivity index is 3.03. The van der Waals surface area contributed by atoms with Crippen molar-refractivity contribution in [3.05, 3.63) is 38.7 Å². The molecule has 0 amide bonds. The lowest BCUT2D eigenvalue weighted by atomic mass is 10.0. The van der Waals surface area contributed by atoms with Crippen molar-refractivity contribution in [2.75, 3.05) is 20.3 Å². The van der Waals surface area contributed by atoms with Crippen molar-refractivity contribution in [3.8, 4) is 0 Å². The Labute approximate surface area is 115 Å². The number of nitro groups is 1. The number of methoxy groups -OCH3 is 1. The lowest BCUT2D eigenvalue weighted by molar-refractivity contribution is -0.385. The Kier molecular flexibility index (Phi) is 6.14. The Bertz CT molecular complexity index is 451. The summed E-state index contributed by atoms with van der Waals surface area (Å²) in [5, 5.41) is 13.8. The fourth-order valence-corrected chi connectivity index (χ4v) is 2.01. The summed E-state index contributed by atoms with van der Waals surface area (Å²) in [5.41, 5.74) is 0.125. The second-order valence-corrected chi connectivity index (χ2v) is 4.47. The number of nitro benzene ring substituents is 1. The number of halogens is 2. The van der Waals surface area contributed by atoms with Crippen molar-refractivity contribution >= 4 is 17.3 Å². The summed E-state index contributed by atoms with van der Waals surface area (Å²) in [6, 6.07) is 2.04. The van der Waals surface area contributed by atoms with Crippen molar-refractivity contribution in [2.24, 2.45) is 0 Å². The quantitative estimate of drug-likeness (QED) is 0.619. The second kappa shape index (κ2) is 7.37.